The molecule has 0 spiro atoms. The van der Waals surface area contributed by atoms with E-state index in [0.717, 1.165) is 18.6 Å². The van der Waals surface area contributed by atoms with Gasteiger partial charge in [-0.1, -0.05) is 49.6 Å². The van der Waals surface area contributed by atoms with Crippen molar-refractivity contribution in [3.05, 3.63) is 35.9 Å². The lowest BCUT2D eigenvalue weighted by atomic mass is 9.98. The molecule has 1 aromatic carbocycles. The molecule has 1 unspecified atom stereocenters. The Morgan fingerprint density at radius 2 is 1.95 bits per heavy atom. The standard InChI is InChI=1S/C18H28N2O2/c1-15(16-9-4-2-5-10-16)20-18(21)19-13-8-14-22-17-11-6-3-7-12-17/h2,4-5,9-10,15,17H,3,6-8,11-14H2,1H3,(H2,19,20,21). The lowest BCUT2D eigenvalue weighted by Gasteiger charge is -2.22. The number of urea groups is 1. The fraction of sp³-hybridized carbons (Fsp3) is 0.611. The van der Waals surface area contributed by atoms with Crippen LogP contribution in [0.4, 0.5) is 4.79 Å². The van der Waals surface area contributed by atoms with E-state index in [0.29, 0.717) is 12.6 Å². The molecule has 122 valence electrons. The van der Waals surface area contributed by atoms with Crippen molar-refractivity contribution in [3.8, 4) is 0 Å². The van der Waals surface area contributed by atoms with Gasteiger partial charge in [0, 0.05) is 13.2 Å². The topological polar surface area (TPSA) is 50.4 Å². The molecule has 0 bridgehead atoms. The SMILES string of the molecule is CC(NC(=O)NCCCOC1CCCCC1)c1ccccc1. The van der Waals surface area contributed by atoms with Crippen LogP contribution in [0.5, 0.6) is 0 Å². The number of ether oxygens (including phenoxy) is 1. The third-order valence-electron chi connectivity index (χ3n) is 4.16. The molecule has 2 amide bonds. The molecule has 1 aromatic rings. The van der Waals surface area contributed by atoms with Crippen LogP contribution < -0.4 is 10.6 Å². The molecule has 0 aliphatic heterocycles. The molecule has 0 heterocycles. The highest BCUT2D eigenvalue weighted by atomic mass is 16.5. The molecule has 4 heteroatoms. The first-order valence-electron chi connectivity index (χ1n) is 8.46. The maximum absolute atomic E-state index is 11.8. The Hall–Kier alpha value is -1.55. The lowest BCUT2D eigenvalue weighted by molar-refractivity contribution is 0.0275. The molecule has 0 radical (unpaired) electrons. The number of amides is 2. The first kappa shape index (κ1) is 16.8. The van der Waals surface area contributed by atoms with E-state index in [2.05, 4.69) is 10.6 Å². The fourth-order valence-corrected chi connectivity index (χ4v) is 2.83. The van der Waals surface area contributed by atoms with Gasteiger partial charge in [-0.05, 0) is 31.7 Å². The number of hydrogen-bond acceptors (Lipinski definition) is 2. The summed E-state index contributed by atoms with van der Waals surface area (Å²) in [7, 11) is 0. The second-order valence-corrected chi connectivity index (χ2v) is 6.02. The zero-order chi connectivity index (χ0) is 15.6. The molecule has 1 saturated carbocycles. The molecular weight excluding hydrogens is 276 g/mol. The monoisotopic (exact) mass is 304 g/mol. The molecular formula is C18H28N2O2. The highest BCUT2D eigenvalue weighted by molar-refractivity contribution is 5.74. The van der Waals surface area contributed by atoms with E-state index in [9.17, 15) is 4.79 Å². The summed E-state index contributed by atoms with van der Waals surface area (Å²) in [6.07, 6.45) is 7.64. The van der Waals surface area contributed by atoms with Gasteiger partial charge in [-0.3, -0.25) is 0 Å². The van der Waals surface area contributed by atoms with Crippen LogP contribution in [0.1, 0.15) is 57.1 Å². The van der Waals surface area contributed by atoms with E-state index in [1.807, 2.05) is 37.3 Å². The highest BCUT2D eigenvalue weighted by Gasteiger charge is 2.13. The van der Waals surface area contributed by atoms with Gasteiger partial charge in [0.25, 0.3) is 0 Å². The van der Waals surface area contributed by atoms with Crippen LogP contribution in [0.25, 0.3) is 0 Å². The molecule has 0 saturated heterocycles. The van der Waals surface area contributed by atoms with Crippen molar-refractivity contribution in [2.45, 2.75) is 57.6 Å². The highest BCUT2D eigenvalue weighted by Crippen LogP contribution is 2.20. The fourth-order valence-electron chi connectivity index (χ4n) is 2.83. The van der Waals surface area contributed by atoms with Crippen molar-refractivity contribution in [2.75, 3.05) is 13.2 Å². The molecule has 22 heavy (non-hydrogen) atoms. The first-order valence-corrected chi connectivity index (χ1v) is 8.46. The predicted octanol–water partition coefficient (Wildman–Crippen LogP) is 3.79. The maximum Gasteiger partial charge on any atom is 0.315 e. The van der Waals surface area contributed by atoms with Gasteiger partial charge in [-0.25, -0.2) is 4.79 Å². The normalized spacial score (nSPS) is 17.0. The van der Waals surface area contributed by atoms with Gasteiger partial charge in [-0.15, -0.1) is 0 Å². The lowest BCUT2D eigenvalue weighted by Crippen LogP contribution is -2.37. The Labute approximate surface area is 133 Å². The number of rotatable bonds is 7. The van der Waals surface area contributed by atoms with Crippen LogP contribution in [-0.4, -0.2) is 25.3 Å². The minimum Gasteiger partial charge on any atom is -0.378 e. The van der Waals surface area contributed by atoms with Crippen LogP contribution in [0.2, 0.25) is 0 Å². The van der Waals surface area contributed by atoms with Crippen molar-refractivity contribution in [1.29, 1.82) is 0 Å². The summed E-state index contributed by atoms with van der Waals surface area (Å²) in [4.78, 5) is 11.8. The van der Waals surface area contributed by atoms with Crippen molar-refractivity contribution in [2.24, 2.45) is 0 Å². The number of hydrogen-bond donors (Lipinski definition) is 2. The smallest absolute Gasteiger partial charge is 0.315 e. The molecule has 4 nitrogen and oxygen atoms in total. The van der Waals surface area contributed by atoms with Crippen LogP contribution in [0, 0.1) is 0 Å². The predicted molar refractivity (Wildman–Crippen MR) is 88.8 cm³/mol. The first-order chi connectivity index (χ1) is 10.8. The Morgan fingerprint density at radius 1 is 1.23 bits per heavy atom. The quantitative estimate of drug-likeness (QED) is 0.753. The molecule has 1 fully saturated rings. The largest absolute Gasteiger partial charge is 0.378 e. The third kappa shape index (κ3) is 6.06. The number of carbonyl (C=O) groups excluding carboxylic acids is 1. The van der Waals surface area contributed by atoms with Crippen molar-refractivity contribution < 1.29 is 9.53 Å². The van der Waals surface area contributed by atoms with Crippen LogP contribution in [-0.2, 0) is 4.74 Å². The van der Waals surface area contributed by atoms with Crippen molar-refractivity contribution in [3.63, 3.8) is 0 Å². The molecule has 2 N–H and O–H groups in total. The number of benzene rings is 1. The zero-order valence-corrected chi connectivity index (χ0v) is 13.5. The molecule has 1 atom stereocenters. The van der Waals surface area contributed by atoms with E-state index in [1.165, 1.54) is 32.1 Å². The Morgan fingerprint density at radius 3 is 2.68 bits per heavy atom. The van der Waals surface area contributed by atoms with Gasteiger partial charge in [0.1, 0.15) is 0 Å². The Bertz CT molecular complexity index is 430. The van der Waals surface area contributed by atoms with Crippen molar-refractivity contribution >= 4 is 6.03 Å². The Kier molecular flexibility index (Phi) is 7.23. The molecule has 2 rings (SSSR count). The van der Waals surface area contributed by atoms with Gasteiger partial charge >= 0.3 is 6.03 Å². The van der Waals surface area contributed by atoms with Gasteiger partial charge in [-0.2, -0.15) is 0 Å². The maximum atomic E-state index is 11.8. The zero-order valence-electron chi connectivity index (χ0n) is 13.5. The second-order valence-electron chi connectivity index (χ2n) is 6.02. The summed E-state index contributed by atoms with van der Waals surface area (Å²) in [6, 6.07) is 9.87. The number of carbonyl (C=O) groups is 1. The van der Waals surface area contributed by atoms with E-state index < -0.39 is 0 Å². The molecule has 1 aliphatic carbocycles. The van der Waals surface area contributed by atoms with Crippen LogP contribution in [0.15, 0.2) is 30.3 Å². The Balaban J connectivity index is 1.54. The number of nitrogens with one attached hydrogen (secondary N) is 2. The average molecular weight is 304 g/mol. The molecule has 1 aliphatic rings. The summed E-state index contributed by atoms with van der Waals surface area (Å²) < 4.78 is 5.84. The summed E-state index contributed by atoms with van der Waals surface area (Å²) in [5.74, 6) is 0. The summed E-state index contributed by atoms with van der Waals surface area (Å²) >= 11 is 0. The van der Waals surface area contributed by atoms with E-state index >= 15 is 0 Å². The summed E-state index contributed by atoms with van der Waals surface area (Å²) in [6.45, 7) is 3.38. The van der Waals surface area contributed by atoms with Crippen LogP contribution in [0.3, 0.4) is 0 Å². The second kappa shape index (κ2) is 9.46. The van der Waals surface area contributed by atoms with E-state index in [-0.39, 0.29) is 12.1 Å². The van der Waals surface area contributed by atoms with Gasteiger partial charge < -0.3 is 15.4 Å². The summed E-state index contributed by atoms with van der Waals surface area (Å²) in [5.41, 5.74) is 1.11. The summed E-state index contributed by atoms with van der Waals surface area (Å²) in [5, 5.41) is 5.84. The van der Waals surface area contributed by atoms with Crippen molar-refractivity contribution in [1.82, 2.24) is 10.6 Å². The minimum atomic E-state index is -0.117. The van der Waals surface area contributed by atoms with E-state index in [4.69, 9.17) is 4.74 Å². The third-order valence-corrected chi connectivity index (χ3v) is 4.16. The van der Waals surface area contributed by atoms with Gasteiger partial charge in [0.15, 0.2) is 0 Å². The van der Waals surface area contributed by atoms with Crippen LogP contribution >= 0.6 is 0 Å². The van der Waals surface area contributed by atoms with Gasteiger partial charge in [0.2, 0.25) is 0 Å². The average Bonchev–Trinajstić information content (AvgIpc) is 2.56. The van der Waals surface area contributed by atoms with E-state index in [1.54, 1.807) is 0 Å². The minimum absolute atomic E-state index is 0.0136. The van der Waals surface area contributed by atoms with Gasteiger partial charge in [0.05, 0.1) is 12.1 Å². The molecule has 0 aromatic heterocycles.